The second-order valence-corrected chi connectivity index (χ2v) is 8.59. The minimum absolute atomic E-state index is 0.0555. The molecule has 0 radical (unpaired) electrons. The Kier molecular flexibility index (Phi) is 8.65. The maximum atomic E-state index is 12.7. The van der Waals surface area contributed by atoms with Gasteiger partial charge in [-0.05, 0) is 43.5 Å². The quantitative estimate of drug-likeness (QED) is 0.507. The summed E-state index contributed by atoms with van der Waals surface area (Å²) in [6, 6.07) is 6.46. The van der Waals surface area contributed by atoms with Crippen molar-refractivity contribution in [3.05, 3.63) is 53.1 Å². The van der Waals surface area contributed by atoms with Gasteiger partial charge >= 0.3 is 0 Å². The van der Waals surface area contributed by atoms with E-state index in [0.717, 1.165) is 36.3 Å². The Morgan fingerprint density at radius 3 is 2.73 bits per heavy atom. The molecule has 1 amide bonds. The summed E-state index contributed by atoms with van der Waals surface area (Å²) >= 11 is 0. The van der Waals surface area contributed by atoms with E-state index >= 15 is 0 Å². The van der Waals surface area contributed by atoms with Gasteiger partial charge in [0.05, 0.1) is 0 Å². The minimum Gasteiger partial charge on any atom is -0.373 e. The summed E-state index contributed by atoms with van der Waals surface area (Å²) in [5.74, 6) is 0.832. The van der Waals surface area contributed by atoms with Gasteiger partial charge in [-0.1, -0.05) is 19.9 Å². The Balaban J connectivity index is 1.69. The van der Waals surface area contributed by atoms with Gasteiger partial charge in [-0.25, -0.2) is 4.98 Å². The van der Waals surface area contributed by atoms with Gasteiger partial charge in [0.15, 0.2) is 0 Å². The first-order valence-electron chi connectivity index (χ1n) is 11.7. The van der Waals surface area contributed by atoms with Gasteiger partial charge in [0.2, 0.25) is 5.91 Å². The molecule has 1 fully saturated rings. The van der Waals surface area contributed by atoms with Crippen molar-refractivity contribution < 1.29 is 4.79 Å². The number of nitrogens with one attached hydrogen (secondary N) is 3. The number of carbonyl (C=O) groups excluding carboxylic acids is 1. The number of rotatable bonds is 9. The molecule has 2 aromatic heterocycles. The first-order valence-corrected chi connectivity index (χ1v) is 11.7. The fourth-order valence-corrected chi connectivity index (χ4v) is 4.19. The molecule has 1 aliphatic heterocycles. The van der Waals surface area contributed by atoms with E-state index in [1.165, 1.54) is 0 Å². The van der Waals surface area contributed by atoms with Crippen LogP contribution in [0.2, 0.25) is 0 Å². The fourth-order valence-electron chi connectivity index (χ4n) is 4.19. The molecule has 0 unspecified atom stereocenters. The molecule has 0 aromatic carbocycles. The first-order chi connectivity index (χ1) is 15.9. The smallest absolute Gasteiger partial charge is 0.271 e. The Hall–Kier alpha value is -3.13. The van der Waals surface area contributed by atoms with Crippen LogP contribution in [0.4, 0.5) is 11.5 Å². The average molecular weight is 453 g/mol. The Morgan fingerprint density at radius 1 is 1.30 bits per heavy atom. The molecule has 33 heavy (non-hydrogen) atoms. The highest BCUT2D eigenvalue weighted by Gasteiger charge is 2.27. The first kappa shape index (κ1) is 24.5. The van der Waals surface area contributed by atoms with Crippen LogP contribution in [0.1, 0.15) is 33.6 Å². The largest absolute Gasteiger partial charge is 0.373 e. The van der Waals surface area contributed by atoms with E-state index < -0.39 is 0 Å². The molecule has 0 aliphatic carbocycles. The molecule has 0 spiro atoms. The molecule has 3 N–H and O–H groups in total. The second kappa shape index (κ2) is 11.7. The second-order valence-electron chi connectivity index (χ2n) is 8.59. The van der Waals surface area contributed by atoms with Crippen molar-refractivity contribution in [2.24, 2.45) is 0 Å². The maximum Gasteiger partial charge on any atom is 0.271 e. The van der Waals surface area contributed by atoms with Crippen LogP contribution in [0.15, 0.2) is 47.5 Å². The van der Waals surface area contributed by atoms with Crippen molar-refractivity contribution in [3.8, 4) is 11.1 Å². The molecule has 3 heterocycles. The molecule has 1 aliphatic rings. The number of aromatic amines is 1. The van der Waals surface area contributed by atoms with Gasteiger partial charge in [0.1, 0.15) is 11.5 Å². The normalized spacial score (nSPS) is 14.8. The van der Waals surface area contributed by atoms with E-state index in [-0.39, 0.29) is 17.5 Å². The SMILES string of the molecule is CCN(c1cc(-c2ccnc(NC)c2)c[nH]c1=O)C1CCN(C(=O)/C=C/CNC(C)C)CC1. The summed E-state index contributed by atoms with van der Waals surface area (Å²) in [4.78, 5) is 36.5. The van der Waals surface area contributed by atoms with E-state index in [9.17, 15) is 9.59 Å². The number of anilines is 2. The van der Waals surface area contributed by atoms with E-state index in [1.807, 2.05) is 36.2 Å². The van der Waals surface area contributed by atoms with Crippen molar-refractivity contribution in [2.45, 2.75) is 45.7 Å². The Morgan fingerprint density at radius 2 is 2.06 bits per heavy atom. The highest BCUT2D eigenvalue weighted by molar-refractivity contribution is 5.87. The molecular formula is C25H36N6O2. The van der Waals surface area contributed by atoms with Crippen molar-refractivity contribution in [1.82, 2.24) is 20.2 Å². The van der Waals surface area contributed by atoms with Crippen LogP contribution >= 0.6 is 0 Å². The van der Waals surface area contributed by atoms with Crippen LogP contribution in [0.25, 0.3) is 11.1 Å². The number of hydrogen-bond donors (Lipinski definition) is 3. The summed E-state index contributed by atoms with van der Waals surface area (Å²) in [5.41, 5.74) is 2.50. The molecule has 8 heteroatoms. The Labute approximate surface area is 196 Å². The minimum atomic E-state index is -0.0948. The predicted molar refractivity (Wildman–Crippen MR) is 135 cm³/mol. The van der Waals surface area contributed by atoms with Crippen LogP contribution < -0.4 is 21.1 Å². The highest BCUT2D eigenvalue weighted by Crippen LogP contribution is 2.26. The lowest BCUT2D eigenvalue weighted by Crippen LogP contribution is -2.47. The number of pyridine rings is 2. The summed E-state index contributed by atoms with van der Waals surface area (Å²) in [6.45, 7) is 9.03. The lowest BCUT2D eigenvalue weighted by Gasteiger charge is -2.38. The van der Waals surface area contributed by atoms with Crippen molar-refractivity contribution >= 4 is 17.4 Å². The number of aromatic nitrogens is 2. The van der Waals surface area contributed by atoms with Crippen LogP contribution in [0.3, 0.4) is 0 Å². The maximum absolute atomic E-state index is 12.7. The molecule has 8 nitrogen and oxygen atoms in total. The number of likely N-dealkylation sites (tertiary alicyclic amines) is 1. The highest BCUT2D eigenvalue weighted by atomic mass is 16.2. The van der Waals surface area contributed by atoms with E-state index in [2.05, 4.69) is 46.3 Å². The van der Waals surface area contributed by atoms with Crippen molar-refractivity contribution in [2.75, 3.05) is 43.4 Å². The molecular weight excluding hydrogens is 416 g/mol. The van der Waals surface area contributed by atoms with Crippen molar-refractivity contribution in [1.29, 1.82) is 0 Å². The number of hydrogen-bond acceptors (Lipinski definition) is 6. The molecule has 3 rings (SSSR count). The molecule has 2 aromatic rings. The molecule has 1 saturated heterocycles. The zero-order chi connectivity index (χ0) is 23.8. The number of piperidine rings is 1. The third-order valence-electron chi connectivity index (χ3n) is 6.00. The topological polar surface area (TPSA) is 93.4 Å². The number of carbonyl (C=O) groups is 1. The third-order valence-corrected chi connectivity index (χ3v) is 6.00. The Bertz CT molecular complexity index is 1010. The summed E-state index contributed by atoms with van der Waals surface area (Å²) in [5, 5.41) is 6.32. The van der Waals surface area contributed by atoms with E-state index in [4.69, 9.17) is 0 Å². The molecule has 0 bridgehead atoms. The predicted octanol–water partition coefficient (Wildman–Crippen LogP) is 2.85. The van der Waals surface area contributed by atoms with Crippen molar-refractivity contribution in [3.63, 3.8) is 0 Å². The number of nitrogens with zero attached hydrogens (tertiary/aromatic N) is 3. The van der Waals surface area contributed by atoms with Crippen LogP contribution in [0.5, 0.6) is 0 Å². The van der Waals surface area contributed by atoms with Gasteiger partial charge in [-0.15, -0.1) is 0 Å². The number of H-pyrrole nitrogens is 1. The van der Waals surface area contributed by atoms with Gasteiger partial charge in [-0.3, -0.25) is 9.59 Å². The van der Waals surface area contributed by atoms with E-state index in [1.54, 1.807) is 18.5 Å². The summed E-state index contributed by atoms with van der Waals surface area (Å²) in [7, 11) is 1.83. The number of amides is 1. The lowest BCUT2D eigenvalue weighted by molar-refractivity contribution is -0.127. The van der Waals surface area contributed by atoms with E-state index in [0.29, 0.717) is 31.4 Å². The zero-order valence-electron chi connectivity index (χ0n) is 20.1. The molecule has 0 atom stereocenters. The van der Waals surface area contributed by atoms with Gasteiger partial charge in [-0.2, -0.15) is 0 Å². The lowest BCUT2D eigenvalue weighted by atomic mass is 10.0. The van der Waals surface area contributed by atoms with Crippen LogP contribution in [-0.4, -0.2) is 66.1 Å². The van der Waals surface area contributed by atoms with Crippen LogP contribution in [-0.2, 0) is 4.79 Å². The average Bonchev–Trinajstić information content (AvgIpc) is 2.83. The summed E-state index contributed by atoms with van der Waals surface area (Å²) < 4.78 is 0. The standard InChI is InChI=1S/C25H36N6O2/c1-5-31(21-9-13-30(14-10-21)24(32)7-6-11-27-18(2)3)22-15-20(17-29-25(22)33)19-8-12-28-23(16-19)26-4/h6-8,12,15-18,21,27H,5,9-11,13-14H2,1-4H3,(H,26,28)(H,29,33)/b7-6+. The monoisotopic (exact) mass is 452 g/mol. The van der Waals surface area contributed by atoms with Gasteiger partial charge in [0, 0.05) is 69.3 Å². The van der Waals surface area contributed by atoms with Gasteiger partial charge in [0.25, 0.3) is 5.56 Å². The van der Waals surface area contributed by atoms with Crippen LogP contribution in [0, 0.1) is 0 Å². The molecule has 178 valence electrons. The zero-order valence-corrected chi connectivity index (χ0v) is 20.1. The fraction of sp³-hybridized carbons (Fsp3) is 0.480. The summed E-state index contributed by atoms with van der Waals surface area (Å²) in [6.07, 6.45) is 8.72. The van der Waals surface area contributed by atoms with Gasteiger partial charge < -0.3 is 25.4 Å². The molecule has 0 saturated carbocycles. The third kappa shape index (κ3) is 6.44.